The van der Waals surface area contributed by atoms with Crippen LogP contribution < -0.4 is 0 Å². The van der Waals surface area contributed by atoms with E-state index in [4.69, 9.17) is 9.40 Å². The Hall–Kier alpha value is -7.43. The number of para-hydroxylation sites is 2. The number of nitrogens with zero attached hydrogens (tertiary/aromatic N) is 3. The Morgan fingerprint density at radius 2 is 1.14 bits per heavy atom. The predicted molar refractivity (Wildman–Crippen MR) is 336 cm³/mol. The number of aromatic nitrogens is 3. The fourth-order valence-electron chi connectivity index (χ4n) is 11.5. The summed E-state index contributed by atoms with van der Waals surface area (Å²) in [5.74, 6) is 2.64. The molecule has 0 aliphatic rings. The number of fused-ring (bicyclic) bond motifs is 7. The van der Waals surface area contributed by atoms with Gasteiger partial charge in [-0.15, -0.1) is 54.1 Å². The molecule has 4 nitrogen and oxygen atoms in total. The van der Waals surface area contributed by atoms with Gasteiger partial charge in [0.05, 0.1) is 22.4 Å². The second-order valence-corrected chi connectivity index (χ2v) is 24.2. The molecule has 0 N–H and O–H groups in total. The van der Waals surface area contributed by atoms with E-state index in [9.17, 15) is 0 Å². The van der Waals surface area contributed by atoms with Gasteiger partial charge in [0.1, 0.15) is 5.58 Å². The number of hydrogen-bond acceptors (Lipinski definition) is 3. The average Bonchev–Trinajstić information content (AvgIpc) is 4.17. The van der Waals surface area contributed by atoms with Crippen LogP contribution in [0.5, 0.6) is 0 Å². The smallest absolute Gasteiger partial charge is 0.121 e. The van der Waals surface area contributed by atoms with Gasteiger partial charge in [-0.05, 0) is 160 Å². The maximum absolute atomic E-state index is 6.93. The molecule has 0 aliphatic heterocycles. The first-order valence-corrected chi connectivity index (χ1v) is 28.5. The summed E-state index contributed by atoms with van der Waals surface area (Å²) in [6.45, 7) is 29.8. The molecule has 12 aromatic rings. The minimum absolute atomic E-state index is 0. The maximum Gasteiger partial charge on any atom is 0.121 e. The maximum atomic E-state index is 6.93. The molecule has 3 aromatic heterocycles. The van der Waals surface area contributed by atoms with Crippen LogP contribution in [0.3, 0.4) is 0 Å². The molecule has 3 heterocycles. The quantitative estimate of drug-likeness (QED) is 0.101. The minimum Gasteiger partial charge on any atom is -0.501 e. The van der Waals surface area contributed by atoms with Crippen LogP contribution in [0.15, 0.2) is 180 Å². The summed E-state index contributed by atoms with van der Waals surface area (Å²) >= 11 is 0. The van der Waals surface area contributed by atoms with Crippen molar-refractivity contribution in [2.45, 2.75) is 125 Å². The zero-order valence-corrected chi connectivity index (χ0v) is 51.1. The van der Waals surface area contributed by atoms with Crippen LogP contribution in [-0.4, -0.2) is 14.5 Å². The van der Waals surface area contributed by atoms with Gasteiger partial charge in [-0.25, -0.2) is 0 Å². The standard InChI is InChI=1S/C60H57N2O.C15H16N.Ir/c1-34(2)43-29-48(35(3)4)57(49(30-43)36(5)6)41-25-22-39(23-26-41)44-31-50(37(7)8)58(51(32-44)38(9)10)62-55-21-14-13-20-54(55)61-60(62)47-19-15-18-46-53-28-42-27-24-40-16-11-12-17-45(40)52(42)33-56(53)63-59(46)47;1-15(2,3)13-9-10-16-14(11-13)12-7-5-4-6-8-12;/h11-18,20-38H,1-10H3;4-7,9-11H,1-3H3;/q2*-1;. The summed E-state index contributed by atoms with van der Waals surface area (Å²) in [5, 5.41) is 7.00. The van der Waals surface area contributed by atoms with Crippen molar-refractivity contribution in [2.24, 2.45) is 0 Å². The van der Waals surface area contributed by atoms with E-state index in [1.807, 2.05) is 36.5 Å². The summed E-state index contributed by atoms with van der Waals surface area (Å²) in [6.07, 6.45) is 1.87. The van der Waals surface area contributed by atoms with Crippen molar-refractivity contribution < 1.29 is 24.5 Å². The van der Waals surface area contributed by atoms with Crippen molar-refractivity contribution in [3.63, 3.8) is 0 Å². The van der Waals surface area contributed by atoms with E-state index in [0.29, 0.717) is 17.8 Å². The van der Waals surface area contributed by atoms with E-state index < -0.39 is 0 Å². The molecule has 0 amide bonds. The second kappa shape index (κ2) is 22.6. The topological polar surface area (TPSA) is 43.9 Å². The van der Waals surface area contributed by atoms with Gasteiger partial charge in [0.25, 0.3) is 0 Å². The SMILES string of the molecule is CC(C)(C)c1ccnc(-c2[c-]cccc2)c1.CC(C)c1cc(C(C)C)c(-c2ccc(-c3cc(C(C)C)c(-n4c(-c5[c-]ccc6c5oc5cc7c(ccc8ccccc87)cc56)nc5ccccc54)c(C(C)C)c3)cc2)c(C(C)C)c1.[Ir]. The van der Waals surface area contributed by atoms with Gasteiger partial charge in [0.2, 0.25) is 0 Å². The van der Waals surface area contributed by atoms with Gasteiger partial charge < -0.3 is 14.0 Å². The van der Waals surface area contributed by atoms with Crippen LogP contribution in [0.4, 0.5) is 0 Å². The first-order chi connectivity index (χ1) is 37.9. The van der Waals surface area contributed by atoms with E-state index >= 15 is 0 Å². The molecule has 0 spiro atoms. The molecule has 0 unspecified atom stereocenters. The van der Waals surface area contributed by atoms with Crippen LogP contribution in [0.2, 0.25) is 0 Å². The van der Waals surface area contributed by atoms with Crippen LogP contribution in [-0.2, 0) is 25.5 Å². The van der Waals surface area contributed by atoms with E-state index in [1.54, 1.807) is 0 Å². The van der Waals surface area contributed by atoms with Crippen molar-refractivity contribution in [1.29, 1.82) is 0 Å². The third-order valence-corrected chi connectivity index (χ3v) is 16.0. The number of imidazole rings is 1. The summed E-state index contributed by atoms with van der Waals surface area (Å²) in [6, 6.07) is 68.4. The molecular weight excluding hydrogens is 1150 g/mol. The van der Waals surface area contributed by atoms with Crippen LogP contribution in [0.25, 0.3) is 105 Å². The Morgan fingerprint density at radius 1 is 0.500 bits per heavy atom. The molecule has 1 radical (unpaired) electrons. The molecule has 405 valence electrons. The van der Waals surface area contributed by atoms with E-state index in [-0.39, 0.29) is 37.4 Å². The van der Waals surface area contributed by atoms with Crippen LogP contribution in [0, 0.1) is 12.1 Å². The number of furan rings is 1. The first kappa shape index (κ1) is 55.9. The van der Waals surface area contributed by atoms with E-state index in [1.165, 1.54) is 82.9 Å². The average molecular weight is 1220 g/mol. The second-order valence-electron chi connectivity index (χ2n) is 24.2. The molecule has 0 fully saturated rings. The first-order valence-electron chi connectivity index (χ1n) is 28.5. The van der Waals surface area contributed by atoms with Crippen molar-refractivity contribution in [3.8, 4) is 50.6 Å². The fourth-order valence-corrected chi connectivity index (χ4v) is 11.5. The molecule has 0 atom stereocenters. The molecule has 0 saturated carbocycles. The molecule has 0 aliphatic carbocycles. The van der Waals surface area contributed by atoms with E-state index in [2.05, 4.69) is 251 Å². The zero-order chi connectivity index (χ0) is 55.4. The van der Waals surface area contributed by atoms with E-state index in [0.717, 1.165) is 55.6 Å². The third kappa shape index (κ3) is 10.6. The van der Waals surface area contributed by atoms with Crippen molar-refractivity contribution in [1.82, 2.24) is 14.5 Å². The number of rotatable bonds is 10. The summed E-state index contributed by atoms with van der Waals surface area (Å²) in [4.78, 5) is 9.81. The van der Waals surface area contributed by atoms with Crippen LogP contribution >= 0.6 is 0 Å². The van der Waals surface area contributed by atoms with Crippen molar-refractivity contribution in [2.75, 3.05) is 0 Å². The largest absolute Gasteiger partial charge is 0.501 e. The molecule has 0 saturated heterocycles. The van der Waals surface area contributed by atoms with Crippen LogP contribution in [0.1, 0.15) is 153 Å². The van der Waals surface area contributed by atoms with Gasteiger partial charge in [0.15, 0.2) is 0 Å². The Morgan fingerprint density at radius 3 is 1.79 bits per heavy atom. The Balaban J connectivity index is 0.000000364. The molecule has 5 heteroatoms. The third-order valence-electron chi connectivity index (χ3n) is 16.0. The number of hydrogen-bond donors (Lipinski definition) is 0. The summed E-state index contributed by atoms with van der Waals surface area (Å²) < 4.78 is 9.33. The van der Waals surface area contributed by atoms with Gasteiger partial charge >= 0.3 is 0 Å². The van der Waals surface area contributed by atoms with Gasteiger partial charge in [0, 0.05) is 37.4 Å². The molecule has 12 rings (SSSR count). The Labute approximate surface area is 487 Å². The molecule has 80 heavy (non-hydrogen) atoms. The predicted octanol–water partition coefficient (Wildman–Crippen LogP) is 21.5. The zero-order valence-electron chi connectivity index (χ0n) is 48.7. The number of benzene rings is 9. The van der Waals surface area contributed by atoms with Crippen molar-refractivity contribution >= 4 is 54.5 Å². The molecular formula is C75H73IrN3O-2. The normalized spacial score (nSPS) is 12.0. The Kier molecular flexibility index (Phi) is 15.8. The molecule has 9 aromatic carbocycles. The van der Waals surface area contributed by atoms with Crippen molar-refractivity contribution in [3.05, 3.63) is 222 Å². The minimum atomic E-state index is 0. The summed E-state index contributed by atoms with van der Waals surface area (Å²) in [7, 11) is 0. The Bertz CT molecular complexity index is 4150. The molecule has 0 bridgehead atoms. The number of pyridine rings is 1. The van der Waals surface area contributed by atoms with Gasteiger partial charge in [-0.1, -0.05) is 192 Å². The monoisotopic (exact) mass is 1220 g/mol. The van der Waals surface area contributed by atoms with Gasteiger partial charge in [-0.3, -0.25) is 4.98 Å². The summed E-state index contributed by atoms with van der Waals surface area (Å²) in [5.41, 5.74) is 21.3. The fraction of sp³-hybridized carbons (Fsp3) is 0.253. The van der Waals surface area contributed by atoms with Gasteiger partial charge in [-0.2, -0.15) is 0 Å².